The van der Waals surface area contributed by atoms with Crippen molar-refractivity contribution in [3.05, 3.63) is 35.9 Å². The van der Waals surface area contributed by atoms with Gasteiger partial charge in [-0.25, -0.2) is 4.79 Å². The Kier molecular flexibility index (Phi) is 9.37. The Morgan fingerprint density at radius 3 is 2.74 bits per heavy atom. The molecule has 0 unspecified atom stereocenters. The van der Waals surface area contributed by atoms with Gasteiger partial charge in [-0.1, -0.05) is 37.3 Å². The van der Waals surface area contributed by atoms with Crippen molar-refractivity contribution < 1.29 is 24.2 Å². The zero-order valence-corrected chi connectivity index (χ0v) is 20.7. The molecule has 0 bridgehead atoms. The number of benzene rings is 1. The SMILES string of the molecule is CCCNC(=O)N1C[C@H](O)COC[C@@H]2O[C@@H](CC(=O)N[C@H]3CCN(Cc4ccccc4)C3)CC[C@H]21. The molecule has 3 fully saturated rings. The lowest BCUT2D eigenvalue weighted by atomic mass is 9.95. The molecule has 3 heterocycles. The molecule has 1 aromatic rings. The standard InChI is InChI=1S/C26H40N4O5/c1-2-11-27-26(33)30-16-21(31)17-34-18-24-23(30)9-8-22(35-24)13-25(32)28-20-10-12-29(15-20)14-19-6-4-3-5-7-19/h3-7,20-24,31H,2,8-18H2,1H3,(H,27,33)(H,28,32)/t20-,21-,22+,23+,24-/m0/s1. The Hall–Kier alpha value is -2.20. The van der Waals surface area contributed by atoms with Crippen LogP contribution in [0.25, 0.3) is 0 Å². The molecule has 4 rings (SSSR count). The van der Waals surface area contributed by atoms with Gasteiger partial charge in [-0.2, -0.15) is 0 Å². The van der Waals surface area contributed by atoms with Gasteiger partial charge in [-0.05, 0) is 31.2 Å². The van der Waals surface area contributed by atoms with E-state index in [1.807, 2.05) is 13.0 Å². The highest BCUT2D eigenvalue weighted by Crippen LogP contribution is 2.28. The lowest BCUT2D eigenvalue weighted by molar-refractivity contribution is -0.150. The molecule has 0 aromatic heterocycles. The first-order valence-electron chi connectivity index (χ1n) is 13.0. The normalized spacial score (nSPS) is 29.7. The van der Waals surface area contributed by atoms with Crippen LogP contribution in [0.5, 0.6) is 0 Å². The Balaban J connectivity index is 1.26. The Bertz CT molecular complexity index is 825. The molecular weight excluding hydrogens is 448 g/mol. The van der Waals surface area contributed by atoms with Crippen molar-refractivity contribution >= 4 is 11.9 Å². The Morgan fingerprint density at radius 1 is 1.11 bits per heavy atom. The van der Waals surface area contributed by atoms with E-state index in [4.69, 9.17) is 9.47 Å². The highest BCUT2D eigenvalue weighted by atomic mass is 16.5. The number of nitrogens with one attached hydrogen (secondary N) is 2. The van der Waals surface area contributed by atoms with Gasteiger partial charge in [0.15, 0.2) is 0 Å². The molecule has 194 valence electrons. The second-order valence-electron chi connectivity index (χ2n) is 9.99. The van der Waals surface area contributed by atoms with Crippen LogP contribution >= 0.6 is 0 Å². The maximum Gasteiger partial charge on any atom is 0.317 e. The van der Waals surface area contributed by atoms with Crippen molar-refractivity contribution in [3.63, 3.8) is 0 Å². The van der Waals surface area contributed by atoms with Crippen LogP contribution in [-0.4, -0.2) is 96.6 Å². The van der Waals surface area contributed by atoms with E-state index >= 15 is 0 Å². The number of amides is 3. The van der Waals surface area contributed by atoms with E-state index in [0.29, 0.717) is 32.4 Å². The van der Waals surface area contributed by atoms with E-state index in [0.717, 1.165) is 32.5 Å². The molecule has 5 atom stereocenters. The number of hydrogen-bond acceptors (Lipinski definition) is 6. The van der Waals surface area contributed by atoms with E-state index in [-0.39, 0.29) is 49.4 Å². The predicted octanol–water partition coefficient (Wildman–Crippen LogP) is 1.50. The van der Waals surface area contributed by atoms with Gasteiger partial charge in [0, 0.05) is 32.2 Å². The molecule has 0 radical (unpaired) electrons. The summed E-state index contributed by atoms with van der Waals surface area (Å²) in [6, 6.07) is 10.2. The van der Waals surface area contributed by atoms with E-state index in [1.54, 1.807) is 4.90 Å². The fourth-order valence-electron chi connectivity index (χ4n) is 5.34. The van der Waals surface area contributed by atoms with Crippen molar-refractivity contribution in [1.29, 1.82) is 0 Å². The van der Waals surface area contributed by atoms with Gasteiger partial charge in [-0.3, -0.25) is 9.69 Å². The van der Waals surface area contributed by atoms with Crippen LogP contribution < -0.4 is 10.6 Å². The van der Waals surface area contributed by atoms with Crippen molar-refractivity contribution in [1.82, 2.24) is 20.4 Å². The topological polar surface area (TPSA) is 103 Å². The first-order valence-corrected chi connectivity index (χ1v) is 13.0. The summed E-state index contributed by atoms with van der Waals surface area (Å²) in [4.78, 5) is 29.6. The lowest BCUT2D eigenvalue weighted by Crippen LogP contribution is -2.59. The maximum atomic E-state index is 12.8. The monoisotopic (exact) mass is 488 g/mol. The number of hydrogen-bond donors (Lipinski definition) is 3. The predicted molar refractivity (Wildman–Crippen MR) is 132 cm³/mol. The molecule has 3 aliphatic rings. The Morgan fingerprint density at radius 2 is 1.94 bits per heavy atom. The fraction of sp³-hybridized carbons (Fsp3) is 0.692. The quantitative estimate of drug-likeness (QED) is 0.538. The zero-order valence-electron chi connectivity index (χ0n) is 20.7. The third-order valence-electron chi connectivity index (χ3n) is 7.07. The minimum Gasteiger partial charge on any atom is -0.389 e. The summed E-state index contributed by atoms with van der Waals surface area (Å²) in [6.45, 7) is 6.01. The average molecular weight is 489 g/mol. The van der Waals surface area contributed by atoms with Crippen molar-refractivity contribution in [2.24, 2.45) is 0 Å². The zero-order chi connectivity index (χ0) is 24.6. The van der Waals surface area contributed by atoms with Crippen molar-refractivity contribution in [2.75, 3.05) is 39.4 Å². The number of β-amino-alcohol motifs (C(OH)–C–C–N with tert-alkyl or cyclic N) is 1. The third kappa shape index (κ3) is 7.39. The maximum absolute atomic E-state index is 12.8. The van der Waals surface area contributed by atoms with Gasteiger partial charge < -0.3 is 30.1 Å². The molecule has 3 N–H and O–H groups in total. The molecule has 0 spiro atoms. The van der Waals surface area contributed by atoms with Crippen LogP contribution in [0.3, 0.4) is 0 Å². The number of likely N-dealkylation sites (tertiary alicyclic amines) is 1. The van der Waals surface area contributed by atoms with Gasteiger partial charge in [0.05, 0.1) is 44.4 Å². The highest BCUT2D eigenvalue weighted by molar-refractivity contribution is 5.77. The van der Waals surface area contributed by atoms with Crippen molar-refractivity contribution in [3.8, 4) is 0 Å². The molecule has 3 saturated heterocycles. The van der Waals surface area contributed by atoms with E-state index in [9.17, 15) is 14.7 Å². The summed E-state index contributed by atoms with van der Waals surface area (Å²) in [5.74, 6) is 0.0136. The molecule has 0 aliphatic carbocycles. The van der Waals surface area contributed by atoms with Crippen LogP contribution in [0.15, 0.2) is 30.3 Å². The number of urea groups is 1. The summed E-state index contributed by atoms with van der Waals surface area (Å²) in [5.41, 5.74) is 1.29. The number of fused-ring (bicyclic) bond motifs is 1. The van der Waals surface area contributed by atoms with Crippen LogP contribution in [0.4, 0.5) is 4.79 Å². The molecule has 35 heavy (non-hydrogen) atoms. The van der Waals surface area contributed by atoms with Crippen molar-refractivity contribution in [2.45, 2.75) is 76.0 Å². The second-order valence-corrected chi connectivity index (χ2v) is 9.99. The van der Waals surface area contributed by atoms with E-state index in [2.05, 4.69) is 39.8 Å². The smallest absolute Gasteiger partial charge is 0.317 e. The van der Waals surface area contributed by atoms with Crippen LogP contribution in [-0.2, 0) is 20.8 Å². The van der Waals surface area contributed by atoms with Gasteiger partial charge in [0.2, 0.25) is 5.91 Å². The number of aliphatic hydroxyl groups excluding tert-OH is 1. The van der Waals surface area contributed by atoms with Gasteiger partial charge in [0.1, 0.15) is 6.10 Å². The minimum absolute atomic E-state index is 0.0136. The van der Waals surface area contributed by atoms with Crippen LogP contribution in [0.2, 0.25) is 0 Å². The van der Waals surface area contributed by atoms with Gasteiger partial charge >= 0.3 is 6.03 Å². The molecule has 9 nitrogen and oxygen atoms in total. The molecular formula is C26H40N4O5. The van der Waals surface area contributed by atoms with Gasteiger partial charge in [0.25, 0.3) is 0 Å². The fourth-order valence-corrected chi connectivity index (χ4v) is 5.34. The van der Waals surface area contributed by atoms with Gasteiger partial charge in [-0.15, -0.1) is 0 Å². The minimum atomic E-state index is -0.723. The lowest BCUT2D eigenvalue weighted by Gasteiger charge is -2.44. The summed E-state index contributed by atoms with van der Waals surface area (Å²) in [5, 5.41) is 16.3. The number of carbonyl (C=O) groups excluding carboxylic acids is 2. The van der Waals surface area contributed by atoms with Crippen LogP contribution in [0, 0.1) is 0 Å². The Labute approximate surface area is 208 Å². The third-order valence-corrected chi connectivity index (χ3v) is 7.07. The largest absolute Gasteiger partial charge is 0.389 e. The number of aliphatic hydroxyl groups is 1. The highest BCUT2D eigenvalue weighted by Gasteiger charge is 2.40. The number of carbonyl (C=O) groups is 2. The number of rotatable bonds is 7. The van der Waals surface area contributed by atoms with E-state index in [1.165, 1.54) is 5.56 Å². The molecule has 3 amide bonds. The van der Waals surface area contributed by atoms with Crippen LogP contribution in [0.1, 0.15) is 44.6 Å². The molecule has 3 aliphatic heterocycles. The molecule has 9 heteroatoms. The summed E-state index contributed by atoms with van der Waals surface area (Å²) in [6.07, 6.45) is 2.27. The first kappa shape index (κ1) is 25.9. The van der Waals surface area contributed by atoms with E-state index < -0.39 is 6.10 Å². The molecule has 1 aromatic carbocycles. The summed E-state index contributed by atoms with van der Waals surface area (Å²) < 4.78 is 11.9. The summed E-state index contributed by atoms with van der Waals surface area (Å²) in [7, 11) is 0. The summed E-state index contributed by atoms with van der Waals surface area (Å²) >= 11 is 0. The second kappa shape index (κ2) is 12.7. The average Bonchev–Trinajstić information content (AvgIpc) is 3.27. The first-order chi connectivity index (χ1) is 17.0. The number of ether oxygens (including phenoxy) is 2. The molecule has 0 saturated carbocycles. The number of nitrogens with zero attached hydrogens (tertiary/aromatic N) is 2.